The fourth-order valence-electron chi connectivity index (χ4n) is 2.38. The Labute approximate surface area is 132 Å². The molecular weight excluding hydrogens is 300 g/mol. The number of aromatic nitrogens is 3. The molecule has 3 aromatic rings. The topological polar surface area (TPSA) is 72.1 Å². The first-order valence-electron chi connectivity index (χ1n) is 7.04. The first kappa shape index (κ1) is 14.6. The smallest absolute Gasteiger partial charge is 0.202 e. The molecule has 0 saturated carbocycles. The molecule has 0 saturated heterocycles. The zero-order valence-corrected chi connectivity index (χ0v) is 13.4. The van der Waals surface area contributed by atoms with E-state index in [-0.39, 0.29) is 0 Å². The van der Waals surface area contributed by atoms with Crippen LogP contribution in [0.5, 0.6) is 11.5 Å². The summed E-state index contributed by atoms with van der Waals surface area (Å²) in [5, 5.41) is 5.20. The molecule has 0 bridgehead atoms. The Kier molecular flexibility index (Phi) is 4.43. The molecule has 2 N–H and O–H groups in total. The first-order valence-corrected chi connectivity index (χ1v) is 7.81. The van der Waals surface area contributed by atoms with Gasteiger partial charge in [0.2, 0.25) is 5.13 Å². The molecule has 0 aliphatic heterocycles. The van der Waals surface area contributed by atoms with Crippen LogP contribution >= 0.6 is 11.5 Å². The summed E-state index contributed by atoms with van der Waals surface area (Å²) in [6, 6.07) is 6.02. The van der Waals surface area contributed by atoms with E-state index in [1.807, 2.05) is 12.1 Å². The van der Waals surface area contributed by atoms with Gasteiger partial charge in [-0.15, -0.1) is 0 Å². The van der Waals surface area contributed by atoms with Crippen molar-refractivity contribution in [3.8, 4) is 11.5 Å². The molecule has 6 nitrogen and oxygen atoms in total. The number of methoxy groups -OCH3 is 2. The lowest BCUT2D eigenvalue weighted by Crippen LogP contribution is -2.02. The van der Waals surface area contributed by atoms with Gasteiger partial charge in [0.15, 0.2) is 0 Å². The van der Waals surface area contributed by atoms with Crippen molar-refractivity contribution in [3.63, 3.8) is 0 Å². The van der Waals surface area contributed by atoms with E-state index in [0.717, 1.165) is 46.9 Å². The molecule has 22 heavy (non-hydrogen) atoms. The van der Waals surface area contributed by atoms with Crippen LogP contribution in [-0.2, 0) is 6.42 Å². The number of aryl methyl sites for hydroxylation is 1. The van der Waals surface area contributed by atoms with Crippen LogP contribution in [0.25, 0.3) is 10.9 Å². The van der Waals surface area contributed by atoms with Gasteiger partial charge < -0.3 is 19.8 Å². The van der Waals surface area contributed by atoms with Gasteiger partial charge in [-0.1, -0.05) is 0 Å². The van der Waals surface area contributed by atoms with E-state index in [9.17, 15) is 0 Å². The van der Waals surface area contributed by atoms with Gasteiger partial charge in [-0.25, -0.2) is 4.98 Å². The van der Waals surface area contributed by atoms with Crippen molar-refractivity contribution in [1.82, 2.24) is 14.3 Å². The number of nitrogens with one attached hydrogen (secondary N) is 2. The van der Waals surface area contributed by atoms with Crippen molar-refractivity contribution >= 4 is 27.6 Å². The normalized spacial score (nSPS) is 10.8. The summed E-state index contributed by atoms with van der Waals surface area (Å²) < 4.78 is 14.7. The number of hydrogen-bond acceptors (Lipinski definition) is 6. The van der Waals surface area contributed by atoms with E-state index in [0.29, 0.717) is 0 Å². The average molecular weight is 318 g/mol. The fourth-order valence-corrected chi connectivity index (χ4v) is 2.84. The SMILES string of the molecule is COc1cc(OC)c2cc(CCCNc3ncns3)[nH]c2c1. The van der Waals surface area contributed by atoms with Gasteiger partial charge >= 0.3 is 0 Å². The largest absolute Gasteiger partial charge is 0.497 e. The highest BCUT2D eigenvalue weighted by Gasteiger charge is 2.09. The minimum absolute atomic E-state index is 0.788. The number of H-pyrrole nitrogens is 1. The van der Waals surface area contributed by atoms with Crippen molar-refractivity contribution in [2.24, 2.45) is 0 Å². The van der Waals surface area contributed by atoms with Crippen LogP contribution in [0.1, 0.15) is 12.1 Å². The summed E-state index contributed by atoms with van der Waals surface area (Å²) in [5.74, 6) is 1.61. The lowest BCUT2D eigenvalue weighted by Gasteiger charge is -2.04. The molecule has 2 aromatic heterocycles. The molecule has 1 aromatic carbocycles. The molecule has 2 heterocycles. The van der Waals surface area contributed by atoms with Gasteiger partial charge in [0.1, 0.15) is 17.8 Å². The summed E-state index contributed by atoms with van der Waals surface area (Å²) >= 11 is 1.37. The number of hydrogen-bond donors (Lipinski definition) is 2. The summed E-state index contributed by atoms with van der Waals surface area (Å²) in [6.07, 6.45) is 3.52. The minimum atomic E-state index is 0.788. The molecule has 3 rings (SSSR count). The Hall–Kier alpha value is -2.28. The Morgan fingerprint density at radius 2 is 2.14 bits per heavy atom. The molecular formula is C15H18N4O2S. The van der Waals surface area contributed by atoms with E-state index in [1.54, 1.807) is 20.5 Å². The molecule has 116 valence electrons. The molecule has 0 unspecified atom stereocenters. The number of rotatable bonds is 7. The van der Waals surface area contributed by atoms with Crippen LogP contribution in [-0.4, -0.2) is 35.1 Å². The molecule has 0 amide bonds. The Morgan fingerprint density at radius 1 is 1.23 bits per heavy atom. The predicted octanol–water partition coefficient (Wildman–Crippen LogP) is 3.08. The molecule has 0 radical (unpaired) electrons. The molecule has 0 aliphatic rings. The summed E-state index contributed by atoms with van der Waals surface area (Å²) in [7, 11) is 3.33. The van der Waals surface area contributed by atoms with Gasteiger partial charge in [0, 0.05) is 41.3 Å². The van der Waals surface area contributed by atoms with Crippen molar-refractivity contribution in [3.05, 3.63) is 30.2 Å². The van der Waals surface area contributed by atoms with Crippen molar-refractivity contribution < 1.29 is 9.47 Å². The van der Waals surface area contributed by atoms with E-state index in [4.69, 9.17) is 9.47 Å². The number of fused-ring (bicyclic) bond motifs is 1. The van der Waals surface area contributed by atoms with Gasteiger partial charge in [0.25, 0.3) is 0 Å². The van der Waals surface area contributed by atoms with E-state index in [2.05, 4.69) is 25.7 Å². The monoisotopic (exact) mass is 318 g/mol. The lowest BCUT2D eigenvalue weighted by molar-refractivity contribution is 0.398. The van der Waals surface area contributed by atoms with Crippen LogP contribution < -0.4 is 14.8 Å². The second-order valence-corrected chi connectivity index (χ2v) is 5.64. The molecule has 0 aliphatic carbocycles. The highest BCUT2D eigenvalue weighted by atomic mass is 32.1. The van der Waals surface area contributed by atoms with Gasteiger partial charge in [0.05, 0.1) is 19.7 Å². The van der Waals surface area contributed by atoms with Crippen LogP contribution in [0.15, 0.2) is 24.5 Å². The zero-order valence-electron chi connectivity index (χ0n) is 12.5. The Bertz CT molecular complexity index is 739. The van der Waals surface area contributed by atoms with E-state index >= 15 is 0 Å². The Morgan fingerprint density at radius 3 is 2.86 bits per heavy atom. The van der Waals surface area contributed by atoms with E-state index < -0.39 is 0 Å². The summed E-state index contributed by atoms with van der Waals surface area (Å²) in [6.45, 7) is 0.866. The van der Waals surface area contributed by atoms with Crippen molar-refractivity contribution in [2.45, 2.75) is 12.8 Å². The maximum atomic E-state index is 5.43. The highest BCUT2D eigenvalue weighted by molar-refractivity contribution is 7.09. The predicted molar refractivity (Wildman–Crippen MR) is 88.1 cm³/mol. The van der Waals surface area contributed by atoms with Crippen molar-refractivity contribution in [1.29, 1.82) is 0 Å². The maximum Gasteiger partial charge on any atom is 0.202 e. The highest BCUT2D eigenvalue weighted by Crippen LogP contribution is 2.31. The van der Waals surface area contributed by atoms with Gasteiger partial charge in [-0.3, -0.25) is 0 Å². The van der Waals surface area contributed by atoms with Crippen molar-refractivity contribution in [2.75, 3.05) is 26.1 Å². The first-order chi connectivity index (χ1) is 10.8. The summed E-state index contributed by atoms with van der Waals surface area (Å²) in [4.78, 5) is 7.52. The third-order valence-electron chi connectivity index (χ3n) is 3.45. The number of nitrogens with zero attached hydrogens (tertiary/aromatic N) is 2. The quantitative estimate of drug-likeness (QED) is 0.655. The molecule has 0 fully saturated rings. The van der Waals surface area contributed by atoms with Crippen LogP contribution in [0.4, 0.5) is 5.13 Å². The third kappa shape index (κ3) is 3.14. The molecule has 0 atom stereocenters. The third-order valence-corrected chi connectivity index (χ3v) is 4.07. The van der Waals surface area contributed by atoms with Crippen LogP contribution in [0.3, 0.4) is 0 Å². The number of ether oxygens (including phenoxy) is 2. The van der Waals surface area contributed by atoms with Gasteiger partial charge in [-0.2, -0.15) is 4.37 Å². The number of anilines is 1. The van der Waals surface area contributed by atoms with E-state index in [1.165, 1.54) is 17.2 Å². The average Bonchev–Trinajstić information content (AvgIpc) is 3.19. The fraction of sp³-hybridized carbons (Fsp3) is 0.333. The number of benzene rings is 1. The number of aromatic amines is 1. The van der Waals surface area contributed by atoms with Gasteiger partial charge in [-0.05, 0) is 18.9 Å². The Balaban J connectivity index is 1.66. The second-order valence-electron chi connectivity index (χ2n) is 4.86. The van der Waals surface area contributed by atoms with Crippen LogP contribution in [0, 0.1) is 0 Å². The van der Waals surface area contributed by atoms with Crippen LogP contribution in [0.2, 0.25) is 0 Å². The molecule has 0 spiro atoms. The second kappa shape index (κ2) is 6.65. The standard InChI is InChI=1S/C15H18N4O2S/c1-20-11-7-13-12(14(8-11)21-2)6-10(19-13)4-3-5-16-15-17-9-18-22-15/h6-9,19H,3-5H2,1-2H3,(H,16,17,18). The lowest BCUT2D eigenvalue weighted by atomic mass is 10.2. The minimum Gasteiger partial charge on any atom is -0.497 e. The summed E-state index contributed by atoms with van der Waals surface area (Å²) in [5.41, 5.74) is 2.21. The zero-order chi connectivity index (χ0) is 15.4. The maximum absolute atomic E-state index is 5.43. The molecule has 7 heteroatoms.